The number of para-hydroxylation sites is 1. The number of aryl methyl sites for hydroxylation is 1. The van der Waals surface area contributed by atoms with E-state index in [1.54, 1.807) is 20.8 Å². The van der Waals surface area contributed by atoms with Gasteiger partial charge in [0.05, 0.1) is 5.52 Å². The highest BCUT2D eigenvalue weighted by Crippen LogP contribution is 2.22. The van der Waals surface area contributed by atoms with Gasteiger partial charge in [-0.15, -0.1) is 0 Å². The second kappa shape index (κ2) is 8.34. The zero-order chi connectivity index (χ0) is 19.3. The monoisotopic (exact) mass is 359 g/mol. The van der Waals surface area contributed by atoms with Crippen LogP contribution in [0.2, 0.25) is 0 Å². The number of nitrogens with zero attached hydrogens (tertiary/aromatic N) is 2. The minimum absolute atomic E-state index is 0.284. The zero-order valence-electron chi connectivity index (χ0n) is 16.1. The first kappa shape index (κ1) is 19.9. The van der Waals surface area contributed by atoms with Crippen LogP contribution in [0.3, 0.4) is 0 Å². The maximum Gasteiger partial charge on any atom is 0.326 e. The second-order valence-corrected chi connectivity index (χ2v) is 7.76. The van der Waals surface area contributed by atoms with Crippen LogP contribution in [0.4, 0.5) is 0 Å². The Bertz CT molecular complexity index is 774. The summed E-state index contributed by atoms with van der Waals surface area (Å²) in [7, 11) is 0. The predicted octanol–water partition coefficient (Wildman–Crippen LogP) is 3.85. The van der Waals surface area contributed by atoms with Crippen molar-refractivity contribution in [2.75, 3.05) is 0 Å². The molecule has 1 heterocycles. The number of carboxylic acid groups (broad SMARTS) is 1. The molecule has 2 N–H and O–H groups in total. The van der Waals surface area contributed by atoms with Crippen molar-refractivity contribution in [3.05, 3.63) is 30.0 Å². The van der Waals surface area contributed by atoms with E-state index in [1.807, 2.05) is 28.9 Å². The van der Waals surface area contributed by atoms with E-state index >= 15 is 0 Å². The maximum atomic E-state index is 12.8. The van der Waals surface area contributed by atoms with E-state index in [4.69, 9.17) is 0 Å². The number of fused-ring (bicyclic) bond motifs is 1. The standard InChI is InChI=1S/C20H29N3O3/c1-5-6-7-10-13-23-15-12-9-8-11-14(15)16(22-23)18(24)21-17(19(25)26)20(2,3)4/h8-9,11-12,17H,5-7,10,13H2,1-4H3,(H,21,24)(H,25,26)/t17-/m1/s1. The zero-order valence-corrected chi connectivity index (χ0v) is 16.1. The number of carbonyl (C=O) groups excluding carboxylic acids is 1. The summed E-state index contributed by atoms with van der Waals surface area (Å²) in [4.78, 5) is 24.3. The molecule has 0 bridgehead atoms. The lowest BCUT2D eigenvalue weighted by atomic mass is 9.86. The van der Waals surface area contributed by atoms with Gasteiger partial charge in [-0.25, -0.2) is 4.79 Å². The molecule has 6 nitrogen and oxygen atoms in total. The fourth-order valence-corrected chi connectivity index (χ4v) is 3.00. The molecule has 1 amide bonds. The lowest BCUT2D eigenvalue weighted by molar-refractivity contribution is -0.142. The van der Waals surface area contributed by atoms with Crippen molar-refractivity contribution in [2.24, 2.45) is 5.41 Å². The van der Waals surface area contributed by atoms with Crippen molar-refractivity contribution < 1.29 is 14.7 Å². The number of amides is 1. The van der Waals surface area contributed by atoms with Gasteiger partial charge >= 0.3 is 5.97 Å². The molecule has 1 atom stereocenters. The van der Waals surface area contributed by atoms with Gasteiger partial charge in [-0.05, 0) is 17.9 Å². The van der Waals surface area contributed by atoms with Crippen molar-refractivity contribution >= 4 is 22.8 Å². The Hall–Kier alpha value is -2.37. The van der Waals surface area contributed by atoms with Gasteiger partial charge in [-0.2, -0.15) is 5.10 Å². The SMILES string of the molecule is CCCCCCn1nc(C(=O)N[C@H](C(=O)O)C(C)(C)C)c2ccccc21. The van der Waals surface area contributed by atoms with Gasteiger partial charge in [0.1, 0.15) is 6.04 Å². The highest BCUT2D eigenvalue weighted by Gasteiger charge is 2.33. The number of carbonyl (C=O) groups is 2. The summed E-state index contributed by atoms with van der Waals surface area (Å²) in [6.45, 7) is 8.28. The van der Waals surface area contributed by atoms with Crippen LogP contribution < -0.4 is 5.32 Å². The Morgan fingerprint density at radius 2 is 1.88 bits per heavy atom. The molecule has 1 aromatic heterocycles. The molecule has 142 valence electrons. The fourth-order valence-electron chi connectivity index (χ4n) is 3.00. The number of benzene rings is 1. The average molecular weight is 359 g/mol. The quantitative estimate of drug-likeness (QED) is 0.701. The van der Waals surface area contributed by atoms with E-state index in [0.29, 0.717) is 0 Å². The number of carboxylic acids is 1. The largest absolute Gasteiger partial charge is 0.480 e. The molecular weight excluding hydrogens is 330 g/mol. The van der Waals surface area contributed by atoms with Gasteiger partial charge < -0.3 is 10.4 Å². The number of hydrogen-bond acceptors (Lipinski definition) is 3. The van der Waals surface area contributed by atoms with E-state index in [1.165, 1.54) is 6.42 Å². The summed E-state index contributed by atoms with van der Waals surface area (Å²) in [5.41, 5.74) is 0.586. The van der Waals surface area contributed by atoms with E-state index in [-0.39, 0.29) is 5.69 Å². The van der Waals surface area contributed by atoms with Crippen LogP contribution in [0.25, 0.3) is 10.9 Å². The summed E-state index contributed by atoms with van der Waals surface area (Å²) in [6.07, 6.45) is 4.47. The predicted molar refractivity (Wildman–Crippen MR) is 102 cm³/mol. The van der Waals surface area contributed by atoms with E-state index in [2.05, 4.69) is 17.3 Å². The molecule has 0 saturated heterocycles. The number of nitrogens with one attached hydrogen (secondary N) is 1. The Labute approximate surface area is 154 Å². The number of aliphatic carboxylic acids is 1. The number of hydrogen-bond donors (Lipinski definition) is 2. The molecule has 2 aromatic rings. The smallest absolute Gasteiger partial charge is 0.326 e. The lowest BCUT2D eigenvalue weighted by Crippen LogP contribution is -2.49. The first-order valence-electron chi connectivity index (χ1n) is 9.25. The van der Waals surface area contributed by atoms with Crippen LogP contribution in [0.1, 0.15) is 63.9 Å². The third-order valence-corrected chi connectivity index (χ3v) is 4.48. The molecule has 1 aromatic carbocycles. The van der Waals surface area contributed by atoms with Crippen LogP contribution in [-0.2, 0) is 11.3 Å². The molecular formula is C20H29N3O3. The Morgan fingerprint density at radius 1 is 1.19 bits per heavy atom. The summed E-state index contributed by atoms with van der Waals surface area (Å²) in [5, 5.41) is 17.3. The first-order valence-corrected chi connectivity index (χ1v) is 9.25. The molecule has 0 aliphatic carbocycles. The highest BCUT2D eigenvalue weighted by atomic mass is 16.4. The van der Waals surface area contributed by atoms with Gasteiger partial charge in [0.2, 0.25) is 0 Å². The summed E-state index contributed by atoms with van der Waals surface area (Å²) in [5.74, 6) is -1.50. The summed E-state index contributed by atoms with van der Waals surface area (Å²) >= 11 is 0. The minimum atomic E-state index is -1.05. The van der Waals surface area contributed by atoms with Gasteiger partial charge in [-0.1, -0.05) is 65.2 Å². The molecule has 0 fully saturated rings. The molecule has 0 aliphatic rings. The van der Waals surface area contributed by atoms with E-state index < -0.39 is 23.3 Å². The minimum Gasteiger partial charge on any atom is -0.480 e. The van der Waals surface area contributed by atoms with Crippen LogP contribution in [0.5, 0.6) is 0 Å². The summed E-state index contributed by atoms with van der Waals surface area (Å²) in [6, 6.07) is 6.59. The van der Waals surface area contributed by atoms with Gasteiger partial charge in [-0.3, -0.25) is 9.48 Å². The molecule has 26 heavy (non-hydrogen) atoms. The second-order valence-electron chi connectivity index (χ2n) is 7.76. The van der Waals surface area contributed by atoms with Crippen LogP contribution in [0, 0.1) is 5.41 Å². The highest BCUT2D eigenvalue weighted by molar-refractivity contribution is 6.06. The van der Waals surface area contributed by atoms with Gasteiger partial charge in [0.15, 0.2) is 5.69 Å². The Balaban J connectivity index is 2.28. The number of rotatable bonds is 8. The van der Waals surface area contributed by atoms with Crippen molar-refractivity contribution in [1.29, 1.82) is 0 Å². The van der Waals surface area contributed by atoms with Gasteiger partial charge in [0.25, 0.3) is 5.91 Å². The number of unbranched alkanes of at least 4 members (excludes halogenated alkanes) is 3. The molecule has 2 rings (SSSR count). The van der Waals surface area contributed by atoms with E-state index in [9.17, 15) is 14.7 Å². The van der Waals surface area contributed by atoms with Crippen molar-refractivity contribution in [3.8, 4) is 0 Å². The van der Waals surface area contributed by atoms with E-state index in [0.717, 1.165) is 36.7 Å². The first-order chi connectivity index (χ1) is 12.3. The maximum absolute atomic E-state index is 12.8. The molecule has 0 aliphatic heterocycles. The summed E-state index contributed by atoms with van der Waals surface area (Å²) < 4.78 is 1.85. The molecule has 0 saturated carbocycles. The number of aromatic nitrogens is 2. The van der Waals surface area contributed by atoms with Crippen LogP contribution in [0.15, 0.2) is 24.3 Å². The lowest BCUT2D eigenvalue weighted by Gasteiger charge is -2.27. The normalized spacial score (nSPS) is 12.9. The van der Waals surface area contributed by atoms with Crippen molar-refractivity contribution in [3.63, 3.8) is 0 Å². The molecule has 6 heteroatoms. The average Bonchev–Trinajstić information content (AvgIpc) is 2.94. The third kappa shape index (κ3) is 4.62. The molecule has 0 radical (unpaired) electrons. The van der Waals surface area contributed by atoms with Crippen molar-refractivity contribution in [2.45, 2.75) is 66.0 Å². The Morgan fingerprint density at radius 3 is 2.50 bits per heavy atom. The Kier molecular flexibility index (Phi) is 6.40. The third-order valence-electron chi connectivity index (χ3n) is 4.48. The molecule has 0 spiro atoms. The molecule has 0 unspecified atom stereocenters. The van der Waals surface area contributed by atoms with Gasteiger partial charge in [0, 0.05) is 11.9 Å². The fraction of sp³-hybridized carbons (Fsp3) is 0.550. The van der Waals surface area contributed by atoms with Crippen LogP contribution in [-0.4, -0.2) is 32.8 Å². The topological polar surface area (TPSA) is 84.2 Å². The van der Waals surface area contributed by atoms with Crippen LogP contribution >= 0.6 is 0 Å². The van der Waals surface area contributed by atoms with Crippen molar-refractivity contribution in [1.82, 2.24) is 15.1 Å².